The zero-order chi connectivity index (χ0) is 17.5. The van der Waals surface area contributed by atoms with Gasteiger partial charge in [0.2, 0.25) is 5.91 Å². The Balaban J connectivity index is 2.00. The summed E-state index contributed by atoms with van der Waals surface area (Å²) in [4.78, 5) is 23.2. The van der Waals surface area contributed by atoms with Crippen LogP contribution in [-0.4, -0.2) is 24.1 Å². The summed E-state index contributed by atoms with van der Waals surface area (Å²) < 4.78 is 4.48. The Bertz CT molecular complexity index is 754. The number of aliphatic hydroxyl groups is 1. The quantitative estimate of drug-likeness (QED) is 0.444. The summed E-state index contributed by atoms with van der Waals surface area (Å²) in [5, 5.41) is 12.4. The molecule has 6 nitrogen and oxygen atoms in total. The summed E-state index contributed by atoms with van der Waals surface area (Å²) in [6.07, 6.45) is 1.67. The number of nitrogens with one attached hydrogen (secondary N) is 1. The van der Waals surface area contributed by atoms with Gasteiger partial charge in [-0.3, -0.25) is 4.79 Å². The minimum Gasteiger partial charge on any atom is -0.467 e. The molecule has 0 saturated carbocycles. The number of rotatable bonds is 5. The molecule has 2 aromatic carbocycles. The van der Waals surface area contributed by atoms with Gasteiger partial charge in [0.25, 0.3) is 0 Å². The molecule has 0 aromatic heterocycles. The molecule has 1 amide bonds. The van der Waals surface area contributed by atoms with Crippen molar-refractivity contribution in [3.8, 4) is 0 Å². The summed E-state index contributed by atoms with van der Waals surface area (Å²) in [5.41, 5.74) is 7.95. The highest BCUT2D eigenvalue weighted by molar-refractivity contribution is 6.03. The highest BCUT2D eigenvalue weighted by Crippen LogP contribution is 2.17. The smallest absolute Gasteiger partial charge is 0.339 e. The van der Waals surface area contributed by atoms with Gasteiger partial charge in [0.05, 0.1) is 18.5 Å². The summed E-state index contributed by atoms with van der Waals surface area (Å²) in [5.74, 6) is -1.04. The van der Waals surface area contributed by atoms with Crippen molar-refractivity contribution in [1.82, 2.24) is 0 Å². The van der Waals surface area contributed by atoms with Crippen molar-refractivity contribution in [2.45, 2.75) is 6.10 Å². The molecule has 2 rings (SSSR count). The molecule has 0 bridgehead atoms. The zero-order valence-electron chi connectivity index (χ0n) is 13.1. The largest absolute Gasteiger partial charge is 0.467 e. The van der Waals surface area contributed by atoms with E-state index in [1.807, 2.05) is 0 Å². The van der Waals surface area contributed by atoms with Crippen molar-refractivity contribution < 1.29 is 19.4 Å². The van der Waals surface area contributed by atoms with E-state index in [1.54, 1.807) is 54.6 Å². The number of benzene rings is 2. The number of para-hydroxylation sites is 2. The number of ether oxygens (including phenoxy) is 1. The van der Waals surface area contributed by atoms with Gasteiger partial charge < -0.3 is 20.9 Å². The summed E-state index contributed by atoms with van der Waals surface area (Å²) in [6.45, 7) is 0. The molecule has 24 heavy (non-hydrogen) atoms. The first-order valence-electron chi connectivity index (χ1n) is 7.20. The Labute approximate surface area is 139 Å². The number of esters is 1. The third-order valence-corrected chi connectivity index (χ3v) is 3.32. The summed E-state index contributed by atoms with van der Waals surface area (Å²) in [6, 6.07) is 13.5. The van der Waals surface area contributed by atoms with Crippen LogP contribution in [0.5, 0.6) is 0 Å². The van der Waals surface area contributed by atoms with E-state index in [9.17, 15) is 14.7 Å². The lowest BCUT2D eigenvalue weighted by molar-refractivity contribution is -0.150. The number of carbonyl (C=O) groups excluding carboxylic acids is 2. The van der Waals surface area contributed by atoms with Crippen molar-refractivity contribution in [1.29, 1.82) is 0 Å². The Morgan fingerprint density at radius 1 is 1.17 bits per heavy atom. The van der Waals surface area contributed by atoms with Crippen molar-refractivity contribution in [2.75, 3.05) is 18.2 Å². The van der Waals surface area contributed by atoms with Gasteiger partial charge in [0.1, 0.15) is 0 Å². The minimum absolute atomic E-state index is 0.313. The topological polar surface area (TPSA) is 102 Å². The van der Waals surface area contributed by atoms with Crippen LogP contribution in [0.3, 0.4) is 0 Å². The number of methoxy groups -OCH3 is 1. The first kappa shape index (κ1) is 17.2. The van der Waals surface area contributed by atoms with Gasteiger partial charge in [0, 0.05) is 6.08 Å². The van der Waals surface area contributed by atoms with Crippen LogP contribution in [0.4, 0.5) is 11.4 Å². The predicted molar refractivity (Wildman–Crippen MR) is 91.9 cm³/mol. The van der Waals surface area contributed by atoms with Crippen LogP contribution in [0.25, 0.3) is 6.08 Å². The second kappa shape index (κ2) is 7.94. The van der Waals surface area contributed by atoms with Gasteiger partial charge in [-0.25, -0.2) is 4.79 Å². The third-order valence-electron chi connectivity index (χ3n) is 3.32. The highest BCUT2D eigenvalue weighted by atomic mass is 16.5. The van der Waals surface area contributed by atoms with E-state index in [0.717, 1.165) is 5.56 Å². The van der Waals surface area contributed by atoms with E-state index < -0.39 is 12.1 Å². The fraction of sp³-hybridized carbons (Fsp3) is 0.111. The van der Waals surface area contributed by atoms with Gasteiger partial charge >= 0.3 is 5.97 Å². The van der Waals surface area contributed by atoms with Crippen LogP contribution in [0.15, 0.2) is 54.6 Å². The average Bonchev–Trinajstić information content (AvgIpc) is 2.61. The number of carbonyl (C=O) groups is 2. The Morgan fingerprint density at radius 3 is 2.46 bits per heavy atom. The van der Waals surface area contributed by atoms with Crippen molar-refractivity contribution in [3.63, 3.8) is 0 Å². The van der Waals surface area contributed by atoms with E-state index in [-0.39, 0.29) is 5.91 Å². The number of nitrogens with two attached hydrogens (primary N) is 1. The number of hydrogen-bond donors (Lipinski definition) is 3. The standard InChI is InChI=1S/C18H18N2O4/c1-24-18(23)17(22)13-9-6-12(7-10-13)8-11-16(21)20-15-5-3-2-4-14(15)19/h2-11,17,22H,19H2,1H3,(H,20,21)/b11-8+. The van der Waals surface area contributed by atoms with Crippen LogP contribution in [0.2, 0.25) is 0 Å². The van der Waals surface area contributed by atoms with Gasteiger partial charge in [-0.2, -0.15) is 0 Å². The molecule has 1 atom stereocenters. The maximum Gasteiger partial charge on any atom is 0.339 e. The van der Waals surface area contributed by atoms with Gasteiger partial charge in [0.15, 0.2) is 6.10 Å². The summed E-state index contributed by atoms with van der Waals surface area (Å²) in [7, 11) is 1.21. The third kappa shape index (κ3) is 4.44. The Hall–Kier alpha value is -3.12. The normalized spacial score (nSPS) is 11.9. The highest BCUT2D eigenvalue weighted by Gasteiger charge is 2.17. The molecule has 0 aliphatic rings. The van der Waals surface area contributed by atoms with E-state index in [2.05, 4.69) is 10.1 Å². The number of nitrogen functional groups attached to an aromatic ring is 1. The maximum absolute atomic E-state index is 11.9. The van der Waals surface area contributed by atoms with Crippen LogP contribution >= 0.6 is 0 Å². The molecule has 0 heterocycles. The molecule has 0 aliphatic heterocycles. The fourth-order valence-electron chi connectivity index (χ4n) is 1.99. The van der Waals surface area contributed by atoms with Gasteiger partial charge in [-0.05, 0) is 29.3 Å². The Kier molecular flexibility index (Phi) is 5.70. The lowest BCUT2D eigenvalue weighted by Crippen LogP contribution is -2.13. The first-order valence-corrected chi connectivity index (χ1v) is 7.20. The molecular formula is C18H18N2O4. The van der Waals surface area contributed by atoms with Crippen molar-refractivity contribution in [3.05, 3.63) is 65.7 Å². The number of amides is 1. The second-order valence-electron chi connectivity index (χ2n) is 5.00. The molecular weight excluding hydrogens is 308 g/mol. The molecule has 0 aliphatic carbocycles. The van der Waals surface area contributed by atoms with E-state index in [0.29, 0.717) is 16.9 Å². The molecule has 6 heteroatoms. The molecule has 0 spiro atoms. The van der Waals surface area contributed by atoms with Gasteiger partial charge in [-0.15, -0.1) is 0 Å². The second-order valence-corrected chi connectivity index (χ2v) is 5.00. The van der Waals surface area contributed by atoms with Crippen LogP contribution < -0.4 is 11.1 Å². The zero-order valence-corrected chi connectivity index (χ0v) is 13.1. The van der Waals surface area contributed by atoms with Crippen LogP contribution in [0.1, 0.15) is 17.2 Å². The SMILES string of the molecule is COC(=O)C(O)c1ccc(/C=C/C(=O)Nc2ccccc2N)cc1. The molecule has 124 valence electrons. The summed E-state index contributed by atoms with van der Waals surface area (Å²) >= 11 is 0. The monoisotopic (exact) mass is 326 g/mol. The van der Waals surface area contributed by atoms with Crippen molar-refractivity contribution in [2.24, 2.45) is 0 Å². The number of aliphatic hydroxyl groups excluding tert-OH is 1. The molecule has 0 radical (unpaired) electrons. The van der Waals surface area contributed by atoms with E-state index in [4.69, 9.17) is 5.73 Å². The predicted octanol–water partition coefficient (Wildman–Crippen LogP) is 2.13. The molecule has 2 aromatic rings. The van der Waals surface area contributed by atoms with Crippen LogP contribution in [0, 0.1) is 0 Å². The first-order chi connectivity index (χ1) is 11.5. The maximum atomic E-state index is 11.9. The lowest BCUT2D eigenvalue weighted by Gasteiger charge is -2.08. The lowest BCUT2D eigenvalue weighted by atomic mass is 10.1. The number of hydrogen-bond acceptors (Lipinski definition) is 5. The van der Waals surface area contributed by atoms with E-state index in [1.165, 1.54) is 13.2 Å². The molecule has 0 fully saturated rings. The molecule has 1 unspecified atom stereocenters. The fourth-order valence-corrected chi connectivity index (χ4v) is 1.99. The number of anilines is 2. The van der Waals surface area contributed by atoms with Crippen molar-refractivity contribution >= 4 is 29.3 Å². The molecule has 0 saturated heterocycles. The average molecular weight is 326 g/mol. The Morgan fingerprint density at radius 2 is 1.83 bits per heavy atom. The molecule has 4 N–H and O–H groups in total. The van der Waals surface area contributed by atoms with Gasteiger partial charge in [-0.1, -0.05) is 36.4 Å². The minimum atomic E-state index is -1.32. The van der Waals surface area contributed by atoms with Crippen LogP contribution in [-0.2, 0) is 14.3 Å². The van der Waals surface area contributed by atoms with E-state index >= 15 is 0 Å².